The summed E-state index contributed by atoms with van der Waals surface area (Å²) < 4.78 is 0. The molecule has 0 aliphatic rings. The van der Waals surface area contributed by atoms with Crippen LogP contribution >= 0.6 is 0 Å². The number of carbonyl (C=O) groups excluding carboxylic acids is 2. The maximum Gasteiger partial charge on any atom is 0.328 e. The molecule has 1 aromatic carbocycles. The number of carboxylic acid groups (broad SMARTS) is 1. The van der Waals surface area contributed by atoms with E-state index in [0.29, 0.717) is 25.8 Å². The molecule has 0 spiro atoms. The Kier molecular flexibility index (Phi) is 14.3. The van der Waals surface area contributed by atoms with Crippen molar-refractivity contribution in [3.8, 4) is 5.75 Å². The number of carboxylic acids is 1. The van der Waals surface area contributed by atoms with Gasteiger partial charge in [0.05, 0.1) is 0 Å². The fourth-order valence-electron chi connectivity index (χ4n) is 3.45. The van der Waals surface area contributed by atoms with E-state index in [1.807, 2.05) is 0 Å². The van der Waals surface area contributed by atoms with Crippen LogP contribution in [0.1, 0.15) is 63.9 Å². The Labute approximate surface area is 206 Å². The number of rotatable bonds is 17. The zero-order valence-electron chi connectivity index (χ0n) is 20.4. The lowest BCUT2D eigenvalue weighted by Crippen LogP contribution is -2.50. The number of carbonyl (C=O) groups is 3. The molecule has 2 atom stereocenters. The summed E-state index contributed by atoms with van der Waals surface area (Å²) in [6, 6.07) is 4.96. The van der Waals surface area contributed by atoms with Crippen LogP contribution in [0, 0.1) is 0 Å². The highest BCUT2D eigenvalue weighted by Crippen LogP contribution is 2.13. The summed E-state index contributed by atoms with van der Waals surface area (Å²) in [6.45, 7) is 2.46. The van der Waals surface area contributed by atoms with Crippen molar-refractivity contribution in [2.45, 2.75) is 76.8 Å². The van der Waals surface area contributed by atoms with Gasteiger partial charge in [-0.05, 0) is 37.0 Å². The van der Waals surface area contributed by atoms with Gasteiger partial charge in [0.1, 0.15) is 11.8 Å². The first-order valence-electron chi connectivity index (χ1n) is 12.1. The molecule has 194 valence electrons. The number of hydrogen-bond donors (Lipinski definition) is 6. The third-order valence-corrected chi connectivity index (χ3v) is 5.30. The molecule has 2 amide bonds. The van der Waals surface area contributed by atoms with Gasteiger partial charge in [-0.3, -0.25) is 14.6 Å². The number of guanidine groups is 1. The lowest BCUT2D eigenvalue weighted by atomic mass is 10.0. The predicted molar refractivity (Wildman–Crippen MR) is 136 cm³/mol. The van der Waals surface area contributed by atoms with Crippen LogP contribution in [0.2, 0.25) is 0 Å². The smallest absolute Gasteiger partial charge is 0.328 e. The average Bonchev–Trinajstić information content (AvgIpc) is 2.80. The van der Waals surface area contributed by atoms with Crippen LogP contribution in [0.25, 0.3) is 0 Å². The molecule has 10 nitrogen and oxygen atoms in total. The molecular formula is C25H39N5O5. The predicted octanol–water partition coefficient (Wildman–Crippen LogP) is 1.96. The summed E-state index contributed by atoms with van der Waals surface area (Å²) in [6.07, 6.45) is 8.83. The second-order valence-electron chi connectivity index (χ2n) is 8.42. The monoisotopic (exact) mass is 489 g/mol. The van der Waals surface area contributed by atoms with Crippen LogP contribution in [-0.4, -0.2) is 52.6 Å². The van der Waals surface area contributed by atoms with E-state index in [2.05, 4.69) is 22.5 Å². The number of nitrogens with two attached hydrogens (primary N) is 2. The zero-order chi connectivity index (χ0) is 26.1. The van der Waals surface area contributed by atoms with Crippen molar-refractivity contribution in [2.75, 3.05) is 6.54 Å². The fourth-order valence-corrected chi connectivity index (χ4v) is 3.45. The normalized spacial score (nSPS) is 12.6. The Morgan fingerprint density at radius 2 is 1.71 bits per heavy atom. The van der Waals surface area contributed by atoms with Crippen molar-refractivity contribution < 1.29 is 24.6 Å². The number of hydrogen-bond acceptors (Lipinski definition) is 5. The minimum atomic E-state index is -1.13. The number of phenolic OH excluding ortho intramolecular Hbond substituents is 1. The van der Waals surface area contributed by atoms with Crippen LogP contribution < -0.4 is 22.1 Å². The van der Waals surface area contributed by atoms with E-state index in [4.69, 9.17) is 16.6 Å². The van der Waals surface area contributed by atoms with Crippen molar-refractivity contribution in [2.24, 2.45) is 16.5 Å². The molecule has 1 rings (SSSR count). The van der Waals surface area contributed by atoms with Crippen molar-refractivity contribution in [3.05, 3.63) is 42.0 Å². The van der Waals surface area contributed by atoms with Crippen LogP contribution in [-0.2, 0) is 20.8 Å². The summed E-state index contributed by atoms with van der Waals surface area (Å²) in [7, 11) is 0. The number of nitrogens with one attached hydrogen (secondary N) is 2. The first kappa shape index (κ1) is 29.5. The Balaban J connectivity index is 2.87. The van der Waals surface area contributed by atoms with Crippen LogP contribution in [0.5, 0.6) is 5.75 Å². The maximum atomic E-state index is 13.1. The van der Waals surface area contributed by atoms with Gasteiger partial charge in [-0.1, -0.05) is 50.8 Å². The number of benzene rings is 1. The molecule has 0 radical (unpaired) electrons. The van der Waals surface area contributed by atoms with Crippen LogP contribution in [0.4, 0.5) is 0 Å². The van der Waals surface area contributed by atoms with Gasteiger partial charge in [0.15, 0.2) is 5.96 Å². The Hall–Kier alpha value is -3.56. The van der Waals surface area contributed by atoms with Gasteiger partial charge in [-0.25, -0.2) is 4.79 Å². The Morgan fingerprint density at radius 3 is 2.34 bits per heavy atom. The van der Waals surface area contributed by atoms with Gasteiger partial charge in [-0.2, -0.15) is 0 Å². The standard InChI is InChI=1S/C25H39N5O5/c1-2-3-4-5-6-9-22(32)30-21(17-18-10-13-20(31)14-11-18)24(35)29-19(12-15-23(33)34)8-7-16-28-25(26)27/h10-15,19,21,31H,2-9,16-17H2,1H3,(H,29,35)(H,30,32)(H,33,34)(H4,26,27,28)/b15-12+/t19-,21?/m0/s1. The highest BCUT2D eigenvalue weighted by molar-refractivity contribution is 5.88. The molecule has 0 aliphatic carbocycles. The number of aliphatic imine (C=N–C) groups is 1. The lowest BCUT2D eigenvalue weighted by molar-refractivity contribution is -0.131. The lowest BCUT2D eigenvalue weighted by Gasteiger charge is -2.22. The molecule has 0 saturated carbocycles. The van der Waals surface area contributed by atoms with Crippen molar-refractivity contribution >= 4 is 23.7 Å². The highest BCUT2D eigenvalue weighted by Gasteiger charge is 2.23. The molecule has 0 aromatic heterocycles. The fraction of sp³-hybridized carbons (Fsp3) is 0.520. The van der Waals surface area contributed by atoms with Gasteiger partial charge in [0.2, 0.25) is 11.8 Å². The van der Waals surface area contributed by atoms with E-state index < -0.39 is 24.0 Å². The zero-order valence-corrected chi connectivity index (χ0v) is 20.4. The molecule has 0 bridgehead atoms. The number of amides is 2. The number of aromatic hydroxyl groups is 1. The molecule has 0 saturated heterocycles. The van der Waals surface area contributed by atoms with Crippen LogP contribution in [0.3, 0.4) is 0 Å². The highest BCUT2D eigenvalue weighted by atomic mass is 16.4. The van der Waals surface area contributed by atoms with E-state index in [1.165, 1.54) is 18.2 Å². The maximum absolute atomic E-state index is 13.1. The minimum Gasteiger partial charge on any atom is -0.508 e. The minimum absolute atomic E-state index is 0.0435. The summed E-state index contributed by atoms with van der Waals surface area (Å²) >= 11 is 0. The topological polar surface area (TPSA) is 180 Å². The summed E-state index contributed by atoms with van der Waals surface area (Å²) in [5, 5.41) is 24.2. The molecule has 0 fully saturated rings. The summed E-state index contributed by atoms with van der Waals surface area (Å²) in [4.78, 5) is 40.6. The summed E-state index contributed by atoms with van der Waals surface area (Å²) in [5.74, 6) is -1.72. The number of nitrogens with zero attached hydrogens (tertiary/aromatic N) is 1. The second-order valence-corrected chi connectivity index (χ2v) is 8.42. The van der Waals surface area contributed by atoms with Crippen molar-refractivity contribution in [1.82, 2.24) is 10.6 Å². The van der Waals surface area contributed by atoms with E-state index >= 15 is 0 Å². The van der Waals surface area contributed by atoms with Gasteiger partial charge in [-0.15, -0.1) is 0 Å². The first-order chi connectivity index (χ1) is 16.7. The molecule has 1 aromatic rings. The van der Waals surface area contributed by atoms with E-state index in [9.17, 15) is 19.5 Å². The number of phenols is 1. The Bertz CT molecular complexity index is 850. The number of unbranched alkanes of at least 4 members (excludes halogenated alkanes) is 4. The van der Waals surface area contributed by atoms with Crippen molar-refractivity contribution in [1.29, 1.82) is 0 Å². The molecule has 35 heavy (non-hydrogen) atoms. The van der Waals surface area contributed by atoms with Gasteiger partial charge >= 0.3 is 5.97 Å². The molecule has 8 N–H and O–H groups in total. The molecule has 1 unspecified atom stereocenters. The SMILES string of the molecule is CCCCCCCC(=O)NC(Cc1ccc(O)cc1)C(=O)N[C@H](/C=C/C(=O)O)CCCN=C(N)N. The van der Waals surface area contributed by atoms with Gasteiger partial charge in [0.25, 0.3) is 0 Å². The number of aliphatic carboxylic acids is 1. The van der Waals surface area contributed by atoms with Gasteiger partial charge in [0, 0.05) is 31.5 Å². The van der Waals surface area contributed by atoms with E-state index in [0.717, 1.165) is 43.7 Å². The quantitative estimate of drug-likeness (QED) is 0.0837. The van der Waals surface area contributed by atoms with Gasteiger partial charge < -0.3 is 32.3 Å². The van der Waals surface area contributed by atoms with Crippen molar-refractivity contribution in [3.63, 3.8) is 0 Å². The summed E-state index contributed by atoms with van der Waals surface area (Å²) in [5.41, 5.74) is 11.4. The third kappa shape index (κ3) is 14.3. The van der Waals surface area contributed by atoms with E-state index in [1.54, 1.807) is 12.1 Å². The average molecular weight is 490 g/mol. The first-order valence-corrected chi connectivity index (χ1v) is 12.1. The largest absolute Gasteiger partial charge is 0.508 e. The molecule has 0 aliphatic heterocycles. The molecule has 10 heteroatoms. The second kappa shape index (κ2) is 17.0. The Morgan fingerprint density at radius 1 is 1.03 bits per heavy atom. The molecule has 0 heterocycles. The molecular weight excluding hydrogens is 450 g/mol. The van der Waals surface area contributed by atoms with E-state index in [-0.39, 0.29) is 24.0 Å². The third-order valence-electron chi connectivity index (χ3n) is 5.30. The van der Waals surface area contributed by atoms with Crippen LogP contribution in [0.15, 0.2) is 41.4 Å².